The Morgan fingerprint density at radius 1 is 1.00 bits per heavy atom. The highest BCUT2D eigenvalue weighted by molar-refractivity contribution is 6.56. The van der Waals surface area contributed by atoms with Crippen LogP contribution in [-0.4, -0.2) is 61.0 Å². The summed E-state index contributed by atoms with van der Waals surface area (Å²) in [5.41, 5.74) is 6.23. The summed E-state index contributed by atoms with van der Waals surface area (Å²) >= 11 is 0. The van der Waals surface area contributed by atoms with Crippen molar-refractivity contribution in [1.29, 1.82) is 5.41 Å². The molecule has 1 aromatic heterocycles. The quantitative estimate of drug-likeness (QED) is 0.0709. The number of nitrogens with one attached hydrogen (secondary N) is 2. The average molecular weight is 663 g/mol. The van der Waals surface area contributed by atoms with Gasteiger partial charge in [-0.05, 0) is 66.1 Å². The summed E-state index contributed by atoms with van der Waals surface area (Å²) in [6.45, 7) is 16.4. The Morgan fingerprint density at radius 2 is 1.70 bits per heavy atom. The molecule has 1 aliphatic rings. The summed E-state index contributed by atoms with van der Waals surface area (Å²) in [4.78, 5) is 14.5. The largest absolute Gasteiger partial charge is 0.444 e. The van der Waals surface area contributed by atoms with Crippen LogP contribution in [0.3, 0.4) is 0 Å². The number of rotatable bonds is 16. The Labute approximate surface area is 278 Å². The van der Waals surface area contributed by atoms with Crippen molar-refractivity contribution in [2.75, 3.05) is 31.9 Å². The zero-order valence-electron chi connectivity index (χ0n) is 28.9. The van der Waals surface area contributed by atoms with E-state index in [0.29, 0.717) is 25.8 Å². The average Bonchev–Trinajstić information content (AvgIpc) is 3.38. The van der Waals surface area contributed by atoms with Gasteiger partial charge in [-0.25, -0.2) is 4.79 Å². The Morgan fingerprint density at radius 3 is 2.39 bits per heavy atom. The molecule has 1 heterocycles. The van der Waals surface area contributed by atoms with Crippen molar-refractivity contribution in [2.24, 2.45) is 5.41 Å². The molecule has 0 unspecified atom stereocenters. The molecule has 2 aromatic carbocycles. The van der Waals surface area contributed by atoms with Gasteiger partial charge in [0.05, 0.1) is 16.9 Å². The summed E-state index contributed by atoms with van der Waals surface area (Å²) in [5.74, 6) is 0. The number of hydrogen-bond donors (Lipinski definition) is 2. The van der Waals surface area contributed by atoms with Gasteiger partial charge in [-0.15, -0.1) is 0 Å². The highest BCUT2D eigenvalue weighted by Crippen LogP contribution is 2.39. The van der Waals surface area contributed by atoms with Gasteiger partial charge in [0.25, 0.3) is 0 Å². The maximum atomic E-state index is 13.0. The van der Waals surface area contributed by atoms with Crippen molar-refractivity contribution in [3.05, 3.63) is 77.1 Å². The molecule has 250 valence electrons. The van der Waals surface area contributed by atoms with E-state index in [1.54, 1.807) is 7.05 Å². The van der Waals surface area contributed by atoms with Gasteiger partial charge >= 0.3 is 6.09 Å². The second-order valence-electron chi connectivity index (χ2n) is 14.1. The number of carbonyl (C=O) groups excluding carboxylic acids is 1. The van der Waals surface area contributed by atoms with Crippen molar-refractivity contribution in [3.8, 4) is 0 Å². The molecule has 0 saturated heterocycles. The Bertz CT molecular complexity index is 1500. The van der Waals surface area contributed by atoms with Crippen molar-refractivity contribution >= 4 is 46.0 Å². The summed E-state index contributed by atoms with van der Waals surface area (Å²) in [5, 5.41) is 14.1. The van der Waals surface area contributed by atoms with Gasteiger partial charge in [0.15, 0.2) is 0 Å². The summed E-state index contributed by atoms with van der Waals surface area (Å²) < 4.78 is 19.9. The minimum Gasteiger partial charge on any atom is -0.444 e. The SMILES string of the molecule is CN(C(=O)OCc1ccccc1)c1ccc2cc(C(=N)C3=C(NCOCC[SiH](C)C)CC(C)(C)CC3)n(COCC[SiH](C)C)c2c1. The number of carbonyl (C=O) groups is 1. The predicted molar refractivity (Wildman–Crippen MR) is 196 cm³/mol. The molecule has 0 radical (unpaired) electrons. The maximum absolute atomic E-state index is 13.0. The second-order valence-corrected chi connectivity index (χ2v) is 20.8. The van der Waals surface area contributed by atoms with Crippen molar-refractivity contribution in [1.82, 2.24) is 9.88 Å². The minimum atomic E-state index is -0.752. The maximum Gasteiger partial charge on any atom is 0.414 e. The number of benzene rings is 2. The van der Waals surface area contributed by atoms with E-state index in [1.807, 2.05) is 48.5 Å². The molecule has 0 fully saturated rings. The molecule has 0 atom stereocenters. The third kappa shape index (κ3) is 9.91. The smallest absolute Gasteiger partial charge is 0.414 e. The highest BCUT2D eigenvalue weighted by Gasteiger charge is 2.30. The van der Waals surface area contributed by atoms with Crippen LogP contribution in [0.25, 0.3) is 10.9 Å². The van der Waals surface area contributed by atoms with Crippen molar-refractivity contribution in [2.45, 2.75) is 84.7 Å². The zero-order valence-corrected chi connectivity index (χ0v) is 31.3. The standard InChI is InChI=1S/C36H54N4O4Si2/c1-36(2)16-15-30(31(23-36)38-25-42-17-19-45(4)5)34(37)33-21-28-13-14-29(22-32(28)40(33)26-43-18-20-46(6)7)39(3)35(41)44-24-27-11-9-8-10-12-27/h8-14,21-22,37-38,45-46H,15-20,23-26H2,1-7H3. The van der Waals surface area contributed by atoms with Crippen LogP contribution < -0.4 is 10.2 Å². The van der Waals surface area contributed by atoms with Gasteiger partial charge in [0.1, 0.15) is 20.1 Å². The number of amides is 1. The molecule has 0 aliphatic heterocycles. The zero-order chi connectivity index (χ0) is 33.3. The summed E-state index contributed by atoms with van der Waals surface area (Å²) in [6, 6.07) is 20.0. The number of anilines is 1. The number of allylic oxidation sites excluding steroid dienone is 2. The van der Waals surface area contributed by atoms with E-state index in [-0.39, 0.29) is 12.0 Å². The first-order chi connectivity index (χ1) is 21.9. The fourth-order valence-electron chi connectivity index (χ4n) is 5.61. The highest BCUT2D eigenvalue weighted by atomic mass is 28.3. The Kier molecular flexibility index (Phi) is 12.9. The van der Waals surface area contributed by atoms with Gasteiger partial charge in [-0.3, -0.25) is 10.3 Å². The molecule has 0 saturated carbocycles. The van der Waals surface area contributed by atoms with E-state index in [2.05, 4.69) is 56.0 Å². The summed E-state index contributed by atoms with van der Waals surface area (Å²) in [7, 11) is 0.326. The lowest BCUT2D eigenvalue weighted by molar-refractivity contribution is 0.0902. The van der Waals surface area contributed by atoms with E-state index >= 15 is 0 Å². The van der Waals surface area contributed by atoms with Gasteiger partial charge in [-0.2, -0.15) is 0 Å². The van der Waals surface area contributed by atoms with Crippen molar-refractivity contribution < 1.29 is 19.0 Å². The fourth-order valence-corrected chi connectivity index (χ4v) is 6.89. The topological polar surface area (TPSA) is 88.8 Å². The van der Waals surface area contributed by atoms with Crippen LogP contribution in [0.4, 0.5) is 10.5 Å². The van der Waals surface area contributed by atoms with Crippen LogP contribution in [0, 0.1) is 10.8 Å². The van der Waals surface area contributed by atoms with E-state index in [4.69, 9.17) is 14.2 Å². The lowest BCUT2D eigenvalue weighted by atomic mass is 9.75. The van der Waals surface area contributed by atoms with Crippen LogP contribution in [0.1, 0.15) is 44.4 Å². The van der Waals surface area contributed by atoms with Crippen LogP contribution in [-0.2, 0) is 27.5 Å². The molecule has 4 rings (SSSR count). The van der Waals surface area contributed by atoms with Gasteiger partial charge in [0, 0.05) is 54.6 Å². The molecule has 46 heavy (non-hydrogen) atoms. The molecule has 8 nitrogen and oxygen atoms in total. The minimum absolute atomic E-state index is 0.155. The Hall–Kier alpha value is -3.19. The van der Waals surface area contributed by atoms with E-state index in [9.17, 15) is 10.2 Å². The molecule has 2 N–H and O–H groups in total. The second kappa shape index (κ2) is 16.6. The van der Waals surface area contributed by atoms with Crippen LogP contribution in [0.5, 0.6) is 0 Å². The number of fused-ring (bicyclic) bond motifs is 1. The Balaban J connectivity index is 1.62. The lowest BCUT2D eigenvalue weighted by Gasteiger charge is -2.34. The third-order valence-electron chi connectivity index (χ3n) is 8.67. The molecule has 1 amide bonds. The van der Waals surface area contributed by atoms with Crippen molar-refractivity contribution in [3.63, 3.8) is 0 Å². The number of nitrogens with zero attached hydrogens (tertiary/aromatic N) is 2. The molecule has 1 aliphatic carbocycles. The predicted octanol–water partition coefficient (Wildman–Crippen LogP) is 7.76. The normalized spacial score (nSPS) is 14.7. The summed E-state index contributed by atoms with van der Waals surface area (Å²) in [6.07, 6.45) is 2.31. The van der Waals surface area contributed by atoms with Gasteiger partial charge in [-0.1, -0.05) is 76.4 Å². The molecule has 0 bridgehead atoms. The number of ether oxygens (including phenoxy) is 3. The number of aromatic nitrogens is 1. The fraction of sp³-hybridized carbons (Fsp3) is 0.500. The van der Waals surface area contributed by atoms with E-state index < -0.39 is 23.7 Å². The van der Waals surface area contributed by atoms with Gasteiger partial charge in [0.2, 0.25) is 0 Å². The van der Waals surface area contributed by atoms with Crippen LogP contribution >= 0.6 is 0 Å². The van der Waals surface area contributed by atoms with Gasteiger partial charge < -0.3 is 24.1 Å². The first kappa shape index (κ1) is 35.7. The lowest BCUT2D eigenvalue weighted by Crippen LogP contribution is -2.31. The monoisotopic (exact) mass is 662 g/mol. The molecule has 10 heteroatoms. The van der Waals surface area contributed by atoms with Crippen LogP contribution in [0.15, 0.2) is 65.9 Å². The molecular weight excluding hydrogens is 609 g/mol. The molecular formula is C36H54N4O4Si2. The number of hydrogen-bond acceptors (Lipinski definition) is 6. The van der Waals surface area contributed by atoms with E-state index in [1.165, 1.54) is 4.90 Å². The molecule has 3 aromatic rings. The van der Waals surface area contributed by atoms with Crippen LogP contribution in [0.2, 0.25) is 38.3 Å². The first-order valence-corrected chi connectivity index (χ1v) is 23.0. The first-order valence-electron chi connectivity index (χ1n) is 16.7. The van der Waals surface area contributed by atoms with E-state index in [0.717, 1.165) is 77.1 Å². The molecule has 0 spiro atoms. The third-order valence-corrected chi connectivity index (χ3v) is 11.5.